The van der Waals surface area contributed by atoms with Gasteiger partial charge in [-0.25, -0.2) is 17.5 Å². The summed E-state index contributed by atoms with van der Waals surface area (Å²) < 4.78 is 50.0. The summed E-state index contributed by atoms with van der Waals surface area (Å²) in [6.45, 7) is 1.68. The highest BCUT2D eigenvalue weighted by Gasteiger charge is 2.18. The number of rotatable bonds is 10. The van der Waals surface area contributed by atoms with Gasteiger partial charge in [0.15, 0.2) is 0 Å². The third kappa shape index (κ3) is 6.06. The summed E-state index contributed by atoms with van der Waals surface area (Å²) in [4.78, 5) is -0.375. The first-order valence-corrected chi connectivity index (χ1v) is 8.04. The number of hydrogen-bond donors (Lipinski definition) is 2. The third-order valence-corrected chi connectivity index (χ3v) is 4.21. The molecule has 0 amide bonds. The summed E-state index contributed by atoms with van der Waals surface area (Å²) in [5.74, 6) is -0.804. The summed E-state index contributed by atoms with van der Waals surface area (Å²) in [6, 6.07) is 3.84. The van der Waals surface area contributed by atoms with Crippen molar-refractivity contribution >= 4 is 10.0 Å². The number of nitrogens with one attached hydrogen (secondary N) is 1. The molecule has 0 aliphatic carbocycles. The van der Waals surface area contributed by atoms with Crippen LogP contribution in [0, 0.1) is 5.82 Å². The Bertz CT molecular complexity index is 537. The molecule has 0 aliphatic heterocycles. The molecule has 0 heterocycles. The Hall–Kier alpha value is -1.06. The van der Waals surface area contributed by atoms with E-state index in [1.807, 2.05) is 0 Å². The second-order valence-electron chi connectivity index (χ2n) is 4.33. The van der Waals surface area contributed by atoms with E-state index < -0.39 is 15.8 Å². The van der Waals surface area contributed by atoms with Crippen LogP contribution >= 0.6 is 0 Å². The van der Waals surface area contributed by atoms with Crippen LogP contribution in [-0.2, 0) is 26.0 Å². The van der Waals surface area contributed by atoms with Crippen LogP contribution in [0.1, 0.15) is 12.0 Å². The average molecular weight is 320 g/mol. The lowest BCUT2D eigenvalue weighted by Crippen LogP contribution is -2.26. The second-order valence-corrected chi connectivity index (χ2v) is 6.06. The highest BCUT2D eigenvalue weighted by molar-refractivity contribution is 7.89. The van der Waals surface area contributed by atoms with Crippen LogP contribution in [0.2, 0.25) is 0 Å². The zero-order chi connectivity index (χ0) is 15.7. The minimum atomic E-state index is -3.86. The smallest absolute Gasteiger partial charge is 0.243 e. The number of halogens is 1. The first-order valence-electron chi connectivity index (χ1n) is 6.56. The lowest BCUT2D eigenvalue weighted by molar-refractivity contribution is 0.0699. The van der Waals surface area contributed by atoms with Gasteiger partial charge in [-0.05, 0) is 24.1 Å². The van der Waals surface area contributed by atoms with Crippen LogP contribution in [0.15, 0.2) is 23.1 Å². The van der Waals surface area contributed by atoms with Gasteiger partial charge in [0.05, 0.1) is 13.2 Å². The monoisotopic (exact) mass is 320 g/mol. The molecule has 8 heteroatoms. The van der Waals surface area contributed by atoms with Gasteiger partial charge in [-0.15, -0.1) is 0 Å². The summed E-state index contributed by atoms with van der Waals surface area (Å²) in [5.41, 5.74) is 5.91. The molecule has 0 bridgehead atoms. The van der Waals surface area contributed by atoms with Gasteiger partial charge >= 0.3 is 0 Å². The number of sulfonamides is 1. The maximum Gasteiger partial charge on any atom is 0.243 e. The number of ether oxygens (including phenoxy) is 2. The van der Waals surface area contributed by atoms with E-state index in [-0.39, 0.29) is 18.0 Å². The molecule has 0 spiro atoms. The molecule has 120 valence electrons. The fourth-order valence-electron chi connectivity index (χ4n) is 1.59. The molecule has 6 nitrogen and oxygen atoms in total. The van der Waals surface area contributed by atoms with Crippen LogP contribution in [0.25, 0.3) is 0 Å². The molecule has 0 unspecified atom stereocenters. The minimum absolute atomic E-state index is 0.156. The molecule has 1 aromatic carbocycles. The summed E-state index contributed by atoms with van der Waals surface area (Å²) in [5, 5.41) is 0. The van der Waals surface area contributed by atoms with Crippen molar-refractivity contribution in [3.63, 3.8) is 0 Å². The highest BCUT2D eigenvalue weighted by Crippen LogP contribution is 2.15. The van der Waals surface area contributed by atoms with Crippen LogP contribution in [0.5, 0.6) is 0 Å². The van der Waals surface area contributed by atoms with Crippen molar-refractivity contribution in [2.45, 2.75) is 17.9 Å². The predicted octanol–water partition coefficient (Wildman–Crippen LogP) is 0.616. The average Bonchev–Trinajstić information content (AvgIpc) is 2.45. The number of hydrogen-bond acceptors (Lipinski definition) is 5. The van der Waals surface area contributed by atoms with Crippen molar-refractivity contribution in [2.24, 2.45) is 5.73 Å². The van der Waals surface area contributed by atoms with Crippen LogP contribution in [0.4, 0.5) is 4.39 Å². The van der Waals surface area contributed by atoms with Gasteiger partial charge in [0.25, 0.3) is 0 Å². The van der Waals surface area contributed by atoms with Crippen molar-refractivity contribution in [2.75, 3.05) is 33.5 Å². The molecule has 21 heavy (non-hydrogen) atoms. The number of nitrogens with two attached hydrogens (primary N) is 1. The Morgan fingerprint density at radius 2 is 2.05 bits per heavy atom. The SMILES string of the molecule is COCCOCCCNS(=O)(=O)c1ccc(CN)cc1F. The largest absolute Gasteiger partial charge is 0.382 e. The van der Waals surface area contributed by atoms with Gasteiger partial charge < -0.3 is 15.2 Å². The van der Waals surface area contributed by atoms with Crippen molar-refractivity contribution in [3.8, 4) is 0 Å². The molecule has 0 fully saturated rings. The fourth-order valence-corrected chi connectivity index (χ4v) is 2.72. The maximum atomic E-state index is 13.7. The van der Waals surface area contributed by atoms with Gasteiger partial charge in [-0.3, -0.25) is 0 Å². The lowest BCUT2D eigenvalue weighted by Gasteiger charge is -2.09. The van der Waals surface area contributed by atoms with Crippen molar-refractivity contribution in [3.05, 3.63) is 29.6 Å². The molecule has 0 aromatic heterocycles. The van der Waals surface area contributed by atoms with Gasteiger partial charge in [-0.2, -0.15) is 0 Å². The Kier molecular flexibility index (Phi) is 7.76. The molecule has 0 atom stereocenters. The highest BCUT2D eigenvalue weighted by atomic mass is 32.2. The molecule has 1 aromatic rings. The molecule has 0 radical (unpaired) electrons. The van der Waals surface area contributed by atoms with E-state index in [4.69, 9.17) is 15.2 Å². The second kappa shape index (κ2) is 9.06. The van der Waals surface area contributed by atoms with E-state index in [0.717, 1.165) is 6.07 Å². The van der Waals surface area contributed by atoms with Gasteiger partial charge in [0.2, 0.25) is 10.0 Å². The summed E-state index contributed by atoms with van der Waals surface area (Å²) >= 11 is 0. The predicted molar refractivity (Wildman–Crippen MR) is 76.8 cm³/mol. The zero-order valence-corrected chi connectivity index (χ0v) is 12.8. The molecule has 1 rings (SSSR count). The standard InChI is InChI=1S/C13H21FN2O4S/c1-19-7-8-20-6-2-5-16-21(17,18)13-4-3-11(10-15)9-12(13)14/h3-4,9,16H,2,5-8,10,15H2,1H3. The zero-order valence-electron chi connectivity index (χ0n) is 12.0. The van der Waals surface area contributed by atoms with Gasteiger partial charge in [0, 0.05) is 26.8 Å². The van der Waals surface area contributed by atoms with Gasteiger partial charge in [0.1, 0.15) is 10.7 Å². The molecule has 0 saturated heterocycles. The van der Waals surface area contributed by atoms with E-state index in [0.29, 0.717) is 31.8 Å². The normalized spacial score (nSPS) is 11.8. The van der Waals surface area contributed by atoms with Crippen LogP contribution < -0.4 is 10.5 Å². The number of methoxy groups -OCH3 is 1. The van der Waals surface area contributed by atoms with Crippen LogP contribution in [-0.4, -0.2) is 41.9 Å². The number of benzene rings is 1. The fraction of sp³-hybridized carbons (Fsp3) is 0.538. The molecular weight excluding hydrogens is 299 g/mol. The van der Waals surface area contributed by atoms with E-state index in [1.54, 1.807) is 7.11 Å². The molecule has 3 N–H and O–H groups in total. The van der Waals surface area contributed by atoms with E-state index in [2.05, 4.69) is 4.72 Å². The first-order chi connectivity index (χ1) is 10.0. The van der Waals surface area contributed by atoms with Crippen molar-refractivity contribution in [1.29, 1.82) is 0 Å². The third-order valence-electron chi connectivity index (χ3n) is 2.71. The molecular formula is C13H21FN2O4S. The first kappa shape index (κ1) is 18.0. The van der Waals surface area contributed by atoms with E-state index >= 15 is 0 Å². The molecule has 0 aliphatic rings. The van der Waals surface area contributed by atoms with Crippen LogP contribution in [0.3, 0.4) is 0 Å². The topological polar surface area (TPSA) is 90.6 Å². The Morgan fingerprint density at radius 3 is 2.67 bits per heavy atom. The minimum Gasteiger partial charge on any atom is -0.382 e. The lowest BCUT2D eigenvalue weighted by atomic mass is 10.2. The quantitative estimate of drug-likeness (QED) is 0.617. The van der Waals surface area contributed by atoms with Crippen molar-refractivity contribution in [1.82, 2.24) is 4.72 Å². The van der Waals surface area contributed by atoms with Gasteiger partial charge in [-0.1, -0.05) is 6.07 Å². The maximum absolute atomic E-state index is 13.7. The van der Waals surface area contributed by atoms with E-state index in [1.165, 1.54) is 12.1 Å². The van der Waals surface area contributed by atoms with Crippen molar-refractivity contribution < 1.29 is 22.3 Å². The van der Waals surface area contributed by atoms with E-state index in [9.17, 15) is 12.8 Å². The summed E-state index contributed by atoms with van der Waals surface area (Å²) in [7, 11) is -2.29. The Labute approximate surface area is 124 Å². The summed E-state index contributed by atoms with van der Waals surface area (Å²) in [6.07, 6.45) is 0.492. The Morgan fingerprint density at radius 1 is 1.29 bits per heavy atom. The molecule has 0 saturated carbocycles. The Balaban J connectivity index is 2.46.